The van der Waals surface area contributed by atoms with Crippen molar-refractivity contribution in [2.45, 2.75) is 31.9 Å². The standard InChI is InChI=1S/C11H21N3O/c1-10(2)8-14(5-6-15-10)9-11(3,7-12)13-4/h13H,5-6,8-9H2,1-4H3. The predicted octanol–water partition coefficient (Wildman–Crippen LogP) is 0.599. The van der Waals surface area contributed by atoms with Gasteiger partial charge in [0.15, 0.2) is 0 Å². The molecule has 4 nitrogen and oxygen atoms in total. The maximum Gasteiger partial charge on any atom is 0.116 e. The van der Waals surface area contributed by atoms with Crippen molar-refractivity contribution in [2.24, 2.45) is 0 Å². The zero-order chi connectivity index (χ0) is 11.5. The van der Waals surface area contributed by atoms with Crippen molar-refractivity contribution in [3.8, 4) is 6.07 Å². The highest BCUT2D eigenvalue weighted by Gasteiger charge is 2.32. The first kappa shape index (κ1) is 12.4. The number of morpholine rings is 1. The Hall–Kier alpha value is -0.630. The first-order valence-electron chi connectivity index (χ1n) is 5.37. The lowest BCUT2D eigenvalue weighted by molar-refractivity contribution is -0.0888. The normalized spacial score (nSPS) is 25.5. The number of nitriles is 1. The van der Waals surface area contributed by atoms with E-state index in [9.17, 15) is 0 Å². The summed E-state index contributed by atoms with van der Waals surface area (Å²) in [5, 5.41) is 12.1. The highest BCUT2D eigenvalue weighted by molar-refractivity contribution is 5.05. The van der Waals surface area contributed by atoms with E-state index in [4.69, 9.17) is 10.00 Å². The van der Waals surface area contributed by atoms with Gasteiger partial charge in [0.25, 0.3) is 0 Å². The minimum Gasteiger partial charge on any atom is -0.373 e. The Morgan fingerprint density at radius 3 is 2.73 bits per heavy atom. The maximum absolute atomic E-state index is 9.08. The molecule has 0 saturated carbocycles. The van der Waals surface area contributed by atoms with Gasteiger partial charge in [-0.25, -0.2) is 0 Å². The summed E-state index contributed by atoms with van der Waals surface area (Å²) in [7, 11) is 1.83. The van der Waals surface area contributed by atoms with Crippen molar-refractivity contribution in [3.05, 3.63) is 0 Å². The second-order valence-electron chi connectivity index (χ2n) is 5.01. The molecule has 0 bridgehead atoms. The van der Waals surface area contributed by atoms with Crippen LogP contribution in [0.4, 0.5) is 0 Å². The van der Waals surface area contributed by atoms with Crippen LogP contribution < -0.4 is 5.32 Å². The van der Waals surface area contributed by atoms with E-state index in [2.05, 4.69) is 30.1 Å². The van der Waals surface area contributed by atoms with Crippen molar-refractivity contribution in [1.29, 1.82) is 5.26 Å². The molecule has 0 aromatic heterocycles. The van der Waals surface area contributed by atoms with E-state index in [1.54, 1.807) is 0 Å². The van der Waals surface area contributed by atoms with Gasteiger partial charge < -0.3 is 10.1 Å². The third-order valence-electron chi connectivity index (χ3n) is 2.84. The SMILES string of the molecule is CNC(C)(C#N)CN1CCOC(C)(C)C1. The topological polar surface area (TPSA) is 48.3 Å². The minimum absolute atomic E-state index is 0.0949. The Morgan fingerprint density at radius 2 is 2.27 bits per heavy atom. The molecule has 0 aromatic carbocycles. The number of hydrogen-bond acceptors (Lipinski definition) is 4. The van der Waals surface area contributed by atoms with Crippen LogP contribution in [0, 0.1) is 11.3 Å². The Balaban J connectivity index is 2.56. The largest absolute Gasteiger partial charge is 0.373 e. The number of hydrogen-bond donors (Lipinski definition) is 1. The third kappa shape index (κ3) is 3.45. The predicted molar refractivity (Wildman–Crippen MR) is 59.5 cm³/mol. The van der Waals surface area contributed by atoms with Crippen LogP contribution in [0.25, 0.3) is 0 Å². The molecule has 1 aliphatic rings. The first-order valence-corrected chi connectivity index (χ1v) is 5.37. The molecule has 1 aliphatic heterocycles. The van der Waals surface area contributed by atoms with Crippen molar-refractivity contribution in [3.63, 3.8) is 0 Å². The van der Waals surface area contributed by atoms with E-state index in [0.29, 0.717) is 0 Å². The zero-order valence-corrected chi connectivity index (χ0v) is 10.1. The fraction of sp³-hybridized carbons (Fsp3) is 0.909. The summed E-state index contributed by atoms with van der Waals surface area (Å²) in [5.41, 5.74) is -0.560. The summed E-state index contributed by atoms with van der Waals surface area (Å²) >= 11 is 0. The fourth-order valence-corrected chi connectivity index (χ4v) is 1.87. The molecule has 15 heavy (non-hydrogen) atoms. The van der Waals surface area contributed by atoms with Crippen LogP contribution in [0.15, 0.2) is 0 Å². The molecule has 0 amide bonds. The highest BCUT2D eigenvalue weighted by atomic mass is 16.5. The molecule has 0 radical (unpaired) electrons. The summed E-state index contributed by atoms with van der Waals surface area (Å²) in [4.78, 5) is 2.28. The molecular weight excluding hydrogens is 190 g/mol. The van der Waals surface area contributed by atoms with E-state index in [-0.39, 0.29) is 5.60 Å². The molecular formula is C11H21N3O. The Morgan fingerprint density at radius 1 is 1.60 bits per heavy atom. The van der Waals surface area contributed by atoms with Crippen molar-refractivity contribution >= 4 is 0 Å². The van der Waals surface area contributed by atoms with Gasteiger partial charge in [0.2, 0.25) is 0 Å². The number of nitrogens with zero attached hydrogens (tertiary/aromatic N) is 2. The minimum atomic E-state index is -0.465. The smallest absolute Gasteiger partial charge is 0.116 e. The second-order valence-corrected chi connectivity index (χ2v) is 5.01. The summed E-state index contributed by atoms with van der Waals surface area (Å²) in [6, 6.07) is 2.31. The van der Waals surface area contributed by atoms with Gasteiger partial charge >= 0.3 is 0 Å². The molecule has 1 saturated heterocycles. The van der Waals surface area contributed by atoms with Gasteiger partial charge in [-0.2, -0.15) is 5.26 Å². The van der Waals surface area contributed by atoms with Crippen LogP contribution in [0.5, 0.6) is 0 Å². The molecule has 1 fully saturated rings. The Bertz CT molecular complexity index is 259. The molecule has 0 aliphatic carbocycles. The van der Waals surface area contributed by atoms with Gasteiger partial charge in [-0.05, 0) is 27.8 Å². The van der Waals surface area contributed by atoms with E-state index in [1.807, 2.05) is 14.0 Å². The molecule has 1 N–H and O–H groups in total. The van der Waals surface area contributed by atoms with Gasteiger partial charge in [-0.3, -0.25) is 4.90 Å². The number of nitrogens with one attached hydrogen (secondary N) is 1. The molecule has 1 heterocycles. The van der Waals surface area contributed by atoms with Gasteiger partial charge in [0, 0.05) is 19.6 Å². The lowest BCUT2D eigenvalue weighted by atomic mass is 10.0. The number of ether oxygens (including phenoxy) is 1. The second kappa shape index (κ2) is 4.48. The van der Waals surface area contributed by atoms with Crippen LogP contribution in [0.1, 0.15) is 20.8 Å². The average Bonchev–Trinajstić information content (AvgIpc) is 2.16. The quantitative estimate of drug-likeness (QED) is 0.742. The lowest BCUT2D eigenvalue weighted by Crippen LogP contribution is -2.55. The van der Waals surface area contributed by atoms with Gasteiger partial charge in [0.05, 0.1) is 18.3 Å². The summed E-state index contributed by atoms with van der Waals surface area (Å²) in [5.74, 6) is 0. The van der Waals surface area contributed by atoms with Gasteiger partial charge in [-0.1, -0.05) is 0 Å². The first-order chi connectivity index (χ1) is 6.91. The number of rotatable bonds is 3. The van der Waals surface area contributed by atoms with Crippen molar-refractivity contribution < 1.29 is 4.74 Å². The van der Waals surface area contributed by atoms with Crippen molar-refractivity contribution in [1.82, 2.24) is 10.2 Å². The van der Waals surface area contributed by atoms with Crippen LogP contribution >= 0.6 is 0 Å². The highest BCUT2D eigenvalue weighted by Crippen LogP contribution is 2.18. The molecule has 0 aromatic rings. The monoisotopic (exact) mass is 211 g/mol. The average molecular weight is 211 g/mol. The third-order valence-corrected chi connectivity index (χ3v) is 2.84. The van der Waals surface area contributed by atoms with Crippen molar-refractivity contribution in [2.75, 3.05) is 33.3 Å². The van der Waals surface area contributed by atoms with Gasteiger partial charge in [-0.15, -0.1) is 0 Å². The molecule has 4 heteroatoms. The molecule has 86 valence electrons. The summed E-state index contributed by atoms with van der Waals surface area (Å²) < 4.78 is 5.63. The molecule has 0 spiro atoms. The fourth-order valence-electron chi connectivity index (χ4n) is 1.87. The molecule has 1 rings (SSSR count). The summed E-state index contributed by atoms with van der Waals surface area (Å²) in [6.45, 7) is 9.37. The Kier molecular flexibility index (Phi) is 3.72. The van der Waals surface area contributed by atoms with Crippen LogP contribution in [0.3, 0.4) is 0 Å². The molecule has 1 atom stereocenters. The Labute approximate surface area is 92.2 Å². The van der Waals surface area contributed by atoms with E-state index >= 15 is 0 Å². The molecule has 1 unspecified atom stereocenters. The van der Waals surface area contributed by atoms with E-state index in [1.165, 1.54) is 0 Å². The van der Waals surface area contributed by atoms with Crippen LogP contribution in [-0.4, -0.2) is 49.3 Å². The van der Waals surface area contributed by atoms with E-state index in [0.717, 1.165) is 26.2 Å². The van der Waals surface area contributed by atoms with Crippen LogP contribution in [0.2, 0.25) is 0 Å². The summed E-state index contributed by atoms with van der Waals surface area (Å²) in [6.07, 6.45) is 0. The van der Waals surface area contributed by atoms with Crippen LogP contribution in [-0.2, 0) is 4.74 Å². The van der Waals surface area contributed by atoms with Gasteiger partial charge in [0.1, 0.15) is 5.54 Å². The zero-order valence-electron chi connectivity index (χ0n) is 10.1. The lowest BCUT2D eigenvalue weighted by Gasteiger charge is -2.40. The number of likely N-dealkylation sites (N-methyl/N-ethyl adjacent to an activating group) is 1. The van der Waals surface area contributed by atoms with E-state index < -0.39 is 5.54 Å². The maximum atomic E-state index is 9.08.